The number of halogens is 1. The maximum Gasteiger partial charge on any atom is 0.0906 e. The van der Waals surface area contributed by atoms with Gasteiger partial charge in [0, 0.05) is 0 Å². The fourth-order valence-electron chi connectivity index (χ4n) is 0.708. The first kappa shape index (κ1) is 9.89. The van der Waals surface area contributed by atoms with Gasteiger partial charge in [-0.25, -0.2) is 0 Å². The Bertz CT molecular complexity index is 64.3. The van der Waals surface area contributed by atoms with Gasteiger partial charge in [0.1, 0.15) is 0 Å². The zero-order chi connectivity index (χ0) is 7.82. The Morgan fingerprint density at radius 1 is 1.30 bits per heavy atom. The molecule has 0 spiro atoms. The van der Waals surface area contributed by atoms with Crippen molar-refractivity contribution in [3.8, 4) is 0 Å². The average Bonchev–Trinajstić information content (AvgIpc) is 1.87. The summed E-state index contributed by atoms with van der Waals surface area (Å²) in [7, 11) is 0. The van der Waals surface area contributed by atoms with Crippen LogP contribution in [0.4, 0.5) is 4.39 Å². The molecule has 0 amide bonds. The summed E-state index contributed by atoms with van der Waals surface area (Å²) < 4.78 is 11.5. The van der Waals surface area contributed by atoms with Crippen LogP contribution in [-0.2, 0) is 0 Å². The van der Waals surface area contributed by atoms with Crippen molar-refractivity contribution in [2.45, 2.75) is 26.7 Å². The van der Waals surface area contributed by atoms with E-state index in [0.717, 1.165) is 19.0 Å². The van der Waals surface area contributed by atoms with E-state index in [9.17, 15) is 4.39 Å². The molecule has 0 saturated heterocycles. The van der Waals surface area contributed by atoms with Gasteiger partial charge in [-0.15, -0.1) is 0 Å². The molecular formula is C8H18FN. The maximum atomic E-state index is 11.5. The minimum atomic E-state index is -0.200. The summed E-state index contributed by atoms with van der Waals surface area (Å²) in [4.78, 5) is 0. The number of alkyl halides is 1. The van der Waals surface area contributed by atoms with Crippen LogP contribution in [0, 0.1) is 5.92 Å². The molecule has 0 aromatic rings. The summed E-state index contributed by atoms with van der Waals surface area (Å²) >= 11 is 0. The zero-order valence-electron chi connectivity index (χ0n) is 6.99. The van der Waals surface area contributed by atoms with E-state index in [2.05, 4.69) is 19.2 Å². The van der Waals surface area contributed by atoms with Crippen molar-refractivity contribution in [2.75, 3.05) is 19.8 Å². The Hall–Kier alpha value is -0.110. The molecule has 62 valence electrons. The molecule has 0 radical (unpaired) electrons. The molecule has 0 unspecified atom stereocenters. The second-order valence-corrected chi connectivity index (χ2v) is 2.98. The highest BCUT2D eigenvalue weighted by molar-refractivity contribution is 4.50. The maximum absolute atomic E-state index is 11.5. The summed E-state index contributed by atoms with van der Waals surface area (Å²) in [5, 5.41) is 3.18. The first-order valence-electron chi connectivity index (χ1n) is 4.04. The lowest BCUT2D eigenvalue weighted by molar-refractivity contribution is 0.451. The SMILES string of the molecule is CC(C)CCNCCCF. The summed E-state index contributed by atoms with van der Waals surface area (Å²) in [5.74, 6) is 0.748. The quantitative estimate of drug-likeness (QED) is 0.566. The van der Waals surface area contributed by atoms with Crippen molar-refractivity contribution in [3.05, 3.63) is 0 Å². The highest BCUT2D eigenvalue weighted by atomic mass is 19.1. The third kappa shape index (κ3) is 7.89. The molecular weight excluding hydrogens is 129 g/mol. The second kappa shape index (κ2) is 7.00. The number of hydrogen-bond donors (Lipinski definition) is 1. The molecule has 0 bridgehead atoms. The van der Waals surface area contributed by atoms with E-state index in [1.54, 1.807) is 0 Å². The first-order chi connectivity index (χ1) is 4.77. The van der Waals surface area contributed by atoms with Crippen LogP contribution in [0.2, 0.25) is 0 Å². The third-order valence-corrected chi connectivity index (χ3v) is 1.39. The van der Waals surface area contributed by atoms with Crippen molar-refractivity contribution in [2.24, 2.45) is 5.92 Å². The molecule has 2 heteroatoms. The Kier molecular flexibility index (Phi) is 6.93. The number of nitrogens with one attached hydrogen (secondary N) is 1. The summed E-state index contributed by atoms with van der Waals surface area (Å²) in [6, 6.07) is 0. The van der Waals surface area contributed by atoms with E-state index in [1.165, 1.54) is 6.42 Å². The van der Waals surface area contributed by atoms with Gasteiger partial charge < -0.3 is 5.32 Å². The van der Waals surface area contributed by atoms with Gasteiger partial charge >= 0.3 is 0 Å². The van der Waals surface area contributed by atoms with Crippen LogP contribution in [0.3, 0.4) is 0 Å². The monoisotopic (exact) mass is 147 g/mol. The molecule has 0 rings (SSSR count). The van der Waals surface area contributed by atoms with Crippen molar-refractivity contribution in [1.82, 2.24) is 5.32 Å². The van der Waals surface area contributed by atoms with Gasteiger partial charge in [0.05, 0.1) is 6.67 Å². The zero-order valence-corrected chi connectivity index (χ0v) is 6.99. The molecule has 0 atom stereocenters. The Balaban J connectivity index is 2.77. The Labute approximate surface area is 63.0 Å². The average molecular weight is 147 g/mol. The van der Waals surface area contributed by atoms with Crippen molar-refractivity contribution in [1.29, 1.82) is 0 Å². The predicted molar refractivity (Wildman–Crippen MR) is 42.9 cm³/mol. The smallest absolute Gasteiger partial charge is 0.0906 e. The molecule has 0 aliphatic carbocycles. The van der Waals surface area contributed by atoms with E-state index >= 15 is 0 Å². The lowest BCUT2D eigenvalue weighted by Crippen LogP contribution is -2.18. The van der Waals surface area contributed by atoms with Crippen molar-refractivity contribution >= 4 is 0 Å². The second-order valence-electron chi connectivity index (χ2n) is 2.98. The van der Waals surface area contributed by atoms with Gasteiger partial charge in [0.25, 0.3) is 0 Å². The lowest BCUT2D eigenvalue weighted by atomic mass is 10.1. The molecule has 0 aromatic carbocycles. The highest BCUT2D eigenvalue weighted by Gasteiger charge is 1.91. The van der Waals surface area contributed by atoms with Gasteiger partial charge in [-0.05, 0) is 31.8 Å². The molecule has 0 aromatic heterocycles. The van der Waals surface area contributed by atoms with Crippen LogP contribution < -0.4 is 5.32 Å². The molecule has 1 N–H and O–H groups in total. The van der Waals surface area contributed by atoms with E-state index in [-0.39, 0.29) is 6.67 Å². The topological polar surface area (TPSA) is 12.0 Å². The van der Waals surface area contributed by atoms with Crippen LogP contribution in [0.15, 0.2) is 0 Å². The summed E-state index contributed by atoms with van der Waals surface area (Å²) in [6.45, 7) is 6.03. The Morgan fingerprint density at radius 2 is 2.00 bits per heavy atom. The van der Waals surface area contributed by atoms with E-state index in [4.69, 9.17) is 0 Å². The largest absolute Gasteiger partial charge is 0.317 e. The fraction of sp³-hybridized carbons (Fsp3) is 1.00. The number of rotatable bonds is 6. The molecule has 0 aliphatic rings. The normalized spacial score (nSPS) is 10.8. The molecule has 10 heavy (non-hydrogen) atoms. The first-order valence-corrected chi connectivity index (χ1v) is 4.04. The third-order valence-electron chi connectivity index (χ3n) is 1.39. The highest BCUT2D eigenvalue weighted by Crippen LogP contribution is 1.95. The van der Waals surface area contributed by atoms with Gasteiger partial charge in [-0.2, -0.15) is 0 Å². The van der Waals surface area contributed by atoms with Crippen LogP contribution in [0.25, 0.3) is 0 Å². The van der Waals surface area contributed by atoms with Crippen molar-refractivity contribution < 1.29 is 4.39 Å². The van der Waals surface area contributed by atoms with Crippen LogP contribution >= 0.6 is 0 Å². The molecule has 1 nitrogen and oxygen atoms in total. The molecule has 0 heterocycles. The minimum absolute atomic E-state index is 0.200. The van der Waals surface area contributed by atoms with Gasteiger partial charge in [-0.1, -0.05) is 13.8 Å². The Morgan fingerprint density at radius 3 is 2.50 bits per heavy atom. The minimum Gasteiger partial charge on any atom is -0.317 e. The van der Waals surface area contributed by atoms with Gasteiger partial charge in [-0.3, -0.25) is 4.39 Å². The van der Waals surface area contributed by atoms with Crippen molar-refractivity contribution in [3.63, 3.8) is 0 Å². The van der Waals surface area contributed by atoms with Crippen LogP contribution in [-0.4, -0.2) is 19.8 Å². The molecule has 0 saturated carbocycles. The predicted octanol–water partition coefficient (Wildman–Crippen LogP) is 1.98. The van der Waals surface area contributed by atoms with Gasteiger partial charge in [0.2, 0.25) is 0 Å². The van der Waals surface area contributed by atoms with Crippen LogP contribution in [0.1, 0.15) is 26.7 Å². The summed E-state index contributed by atoms with van der Waals surface area (Å²) in [6.07, 6.45) is 1.84. The lowest BCUT2D eigenvalue weighted by Gasteiger charge is -2.04. The van der Waals surface area contributed by atoms with E-state index < -0.39 is 0 Å². The number of hydrogen-bond acceptors (Lipinski definition) is 1. The van der Waals surface area contributed by atoms with Crippen LogP contribution in [0.5, 0.6) is 0 Å². The summed E-state index contributed by atoms with van der Waals surface area (Å²) in [5.41, 5.74) is 0. The fourth-order valence-corrected chi connectivity index (χ4v) is 0.708. The van der Waals surface area contributed by atoms with E-state index in [0.29, 0.717) is 6.42 Å². The van der Waals surface area contributed by atoms with E-state index in [1.807, 2.05) is 0 Å². The molecule has 0 aliphatic heterocycles. The standard InChI is InChI=1S/C8H18FN/c1-8(2)4-7-10-6-3-5-9/h8,10H,3-7H2,1-2H3. The molecule has 0 fully saturated rings. The van der Waals surface area contributed by atoms with Gasteiger partial charge in [0.15, 0.2) is 0 Å².